The lowest BCUT2D eigenvalue weighted by molar-refractivity contribution is 0.174. The number of aromatic nitrogens is 2. The van der Waals surface area contributed by atoms with Crippen molar-refractivity contribution in [3.05, 3.63) is 70.7 Å². The van der Waals surface area contributed by atoms with Gasteiger partial charge in [-0.3, -0.25) is 0 Å². The first kappa shape index (κ1) is 19.9. The van der Waals surface area contributed by atoms with E-state index < -0.39 is 16.1 Å². The highest BCUT2D eigenvalue weighted by molar-refractivity contribution is 7.89. The summed E-state index contributed by atoms with van der Waals surface area (Å²) in [6.45, 7) is 1.85. The molecule has 0 radical (unpaired) electrons. The molecule has 1 atom stereocenters. The molecular formula is C21H18ClN3O5S. The number of nitrogens with zero attached hydrogens (tertiary/aromatic N) is 1. The van der Waals surface area contributed by atoms with Crippen molar-refractivity contribution >= 4 is 32.5 Å². The second-order valence-electron chi connectivity index (χ2n) is 7.21. The Morgan fingerprint density at radius 3 is 2.81 bits per heavy atom. The second kappa shape index (κ2) is 7.60. The van der Waals surface area contributed by atoms with E-state index in [9.17, 15) is 8.42 Å². The average Bonchev–Trinajstić information content (AvgIpc) is 3.46. The molecule has 4 aromatic rings. The van der Waals surface area contributed by atoms with Gasteiger partial charge in [-0.25, -0.2) is 8.42 Å². The molecule has 5 rings (SSSR count). The van der Waals surface area contributed by atoms with Crippen molar-refractivity contribution in [2.24, 2.45) is 0 Å². The summed E-state index contributed by atoms with van der Waals surface area (Å²) >= 11 is 6.37. The molecule has 2 aromatic carbocycles. The van der Waals surface area contributed by atoms with Crippen LogP contribution in [0.2, 0.25) is 5.02 Å². The highest BCUT2D eigenvalue weighted by Crippen LogP contribution is 2.35. The summed E-state index contributed by atoms with van der Waals surface area (Å²) in [5.41, 5.74) is 2.03. The third kappa shape index (κ3) is 3.65. The van der Waals surface area contributed by atoms with Crippen molar-refractivity contribution < 1.29 is 22.4 Å². The van der Waals surface area contributed by atoms with Crippen LogP contribution in [0.1, 0.15) is 23.1 Å². The Bertz CT molecular complexity index is 1380. The number of benzene rings is 2. The first-order valence-corrected chi connectivity index (χ1v) is 11.4. The highest BCUT2D eigenvalue weighted by atomic mass is 35.5. The van der Waals surface area contributed by atoms with Crippen LogP contribution in [0, 0.1) is 6.92 Å². The number of fused-ring (bicyclic) bond motifs is 2. The molecule has 0 aliphatic carbocycles. The molecule has 0 saturated heterocycles. The summed E-state index contributed by atoms with van der Waals surface area (Å²) in [6.07, 6.45) is 1.74. The molecular weight excluding hydrogens is 442 g/mol. The predicted octanol–water partition coefficient (Wildman–Crippen LogP) is 4.11. The van der Waals surface area contributed by atoms with E-state index in [1.54, 1.807) is 25.1 Å². The van der Waals surface area contributed by atoms with E-state index in [4.69, 9.17) is 25.6 Å². The van der Waals surface area contributed by atoms with Crippen molar-refractivity contribution in [1.82, 2.24) is 14.9 Å². The number of hydrogen-bond donors (Lipinski definition) is 2. The van der Waals surface area contributed by atoms with Crippen molar-refractivity contribution in [2.75, 3.05) is 6.79 Å². The number of sulfonamides is 1. The average molecular weight is 460 g/mol. The highest BCUT2D eigenvalue weighted by Gasteiger charge is 2.29. The molecule has 2 aromatic heterocycles. The number of hydrogen-bond acceptors (Lipinski definition) is 6. The quantitative estimate of drug-likeness (QED) is 0.449. The predicted molar refractivity (Wildman–Crippen MR) is 114 cm³/mol. The first-order valence-electron chi connectivity index (χ1n) is 9.51. The lowest BCUT2D eigenvalue weighted by atomic mass is 10.0. The molecule has 2 N–H and O–H groups in total. The lowest BCUT2D eigenvalue weighted by Gasteiger charge is -2.17. The smallest absolute Gasteiger partial charge is 0.243 e. The number of aromatic amines is 1. The summed E-state index contributed by atoms with van der Waals surface area (Å²) < 4.78 is 45.5. The van der Waals surface area contributed by atoms with Gasteiger partial charge < -0.3 is 19.0 Å². The van der Waals surface area contributed by atoms with E-state index in [0.29, 0.717) is 22.6 Å². The Kier molecular flexibility index (Phi) is 4.88. The minimum absolute atomic E-state index is 0.145. The summed E-state index contributed by atoms with van der Waals surface area (Å²) in [4.78, 5) is 3.13. The van der Waals surface area contributed by atoms with E-state index in [1.807, 2.05) is 24.3 Å². The van der Waals surface area contributed by atoms with Crippen LogP contribution in [-0.2, 0) is 16.4 Å². The Labute approximate surface area is 183 Å². The maximum atomic E-state index is 13.3. The zero-order valence-corrected chi connectivity index (χ0v) is 18.0. The molecule has 0 spiro atoms. The second-order valence-corrected chi connectivity index (χ2v) is 9.27. The van der Waals surface area contributed by atoms with Crippen LogP contribution in [0.15, 0.2) is 58.1 Å². The number of para-hydroxylation sites is 1. The van der Waals surface area contributed by atoms with E-state index in [1.165, 1.54) is 6.20 Å². The number of ether oxygens (including phenoxy) is 2. The maximum absolute atomic E-state index is 13.3. The third-order valence-electron chi connectivity index (χ3n) is 5.15. The monoisotopic (exact) mass is 459 g/mol. The van der Waals surface area contributed by atoms with Gasteiger partial charge in [-0.1, -0.05) is 41.0 Å². The normalized spacial score (nSPS) is 14.3. The van der Waals surface area contributed by atoms with Gasteiger partial charge in [0.15, 0.2) is 17.3 Å². The Morgan fingerprint density at radius 2 is 2.00 bits per heavy atom. The minimum atomic E-state index is -3.91. The SMILES string of the molecule is Cc1noc(C(Cc2ccc3c(c2)OCO3)NS(=O)(=O)c2c[nH]c3ccccc23)c1Cl. The number of rotatable bonds is 6. The fraction of sp³-hybridized carbons (Fsp3) is 0.190. The van der Waals surface area contributed by atoms with Gasteiger partial charge in [0.25, 0.3) is 0 Å². The van der Waals surface area contributed by atoms with Gasteiger partial charge in [0.1, 0.15) is 9.92 Å². The number of H-pyrrole nitrogens is 1. The van der Waals surface area contributed by atoms with Crippen LogP contribution in [0.25, 0.3) is 10.9 Å². The third-order valence-corrected chi connectivity index (χ3v) is 7.12. The molecule has 0 fully saturated rings. The van der Waals surface area contributed by atoms with Crippen LogP contribution < -0.4 is 14.2 Å². The van der Waals surface area contributed by atoms with Gasteiger partial charge in [0.2, 0.25) is 16.8 Å². The van der Waals surface area contributed by atoms with Crippen molar-refractivity contribution in [3.8, 4) is 11.5 Å². The van der Waals surface area contributed by atoms with Crippen LogP contribution in [0.3, 0.4) is 0 Å². The van der Waals surface area contributed by atoms with Gasteiger partial charge in [0, 0.05) is 17.1 Å². The Balaban J connectivity index is 1.52. The molecule has 3 heterocycles. The fourth-order valence-electron chi connectivity index (χ4n) is 3.60. The molecule has 31 heavy (non-hydrogen) atoms. The first-order chi connectivity index (χ1) is 14.9. The fourth-order valence-corrected chi connectivity index (χ4v) is 5.18. The number of nitrogens with one attached hydrogen (secondary N) is 2. The van der Waals surface area contributed by atoms with Crippen molar-refractivity contribution in [3.63, 3.8) is 0 Å². The zero-order chi connectivity index (χ0) is 21.6. The molecule has 8 nitrogen and oxygen atoms in total. The summed E-state index contributed by atoms with van der Waals surface area (Å²) in [5.74, 6) is 1.50. The minimum Gasteiger partial charge on any atom is -0.454 e. The summed E-state index contributed by atoms with van der Waals surface area (Å²) in [6, 6.07) is 11.8. The van der Waals surface area contributed by atoms with Crippen LogP contribution in [-0.4, -0.2) is 25.4 Å². The summed E-state index contributed by atoms with van der Waals surface area (Å²) in [7, 11) is -3.91. The Hall–Kier alpha value is -3.01. The van der Waals surface area contributed by atoms with E-state index in [-0.39, 0.29) is 28.9 Å². The van der Waals surface area contributed by atoms with E-state index >= 15 is 0 Å². The molecule has 0 bridgehead atoms. The number of aryl methyl sites for hydroxylation is 1. The lowest BCUT2D eigenvalue weighted by Crippen LogP contribution is -2.30. The molecule has 1 aliphatic rings. The molecule has 0 amide bonds. The topological polar surface area (TPSA) is 106 Å². The van der Waals surface area contributed by atoms with Crippen LogP contribution in [0.5, 0.6) is 11.5 Å². The van der Waals surface area contributed by atoms with Crippen molar-refractivity contribution in [2.45, 2.75) is 24.3 Å². The van der Waals surface area contributed by atoms with Gasteiger partial charge in [0.05, 0.1) is 11.7 Å². The van der Waals surface area contributed by atoms with Crippen LogP contribution in [0.4, 0.5) is 0 Å². The van der Waals surface area contributed by atoms with E-state index in [0.717, 1.165) is 11.1 Å². The molecule has 160 valence electrons. The zero-order valence-electron chi connectivity index (χ0n) is 16.4. The van der Waals surface area contributed by atoms with E-state index in [2.05, 4.69) is 14.9 Å². The van der Waals surface area contributed by atoms with Gasteiger partial charge in [-0.15, -0.1) is 0 Å². The van der Waals surface area contributed by atoms with Crippen molar-refractivity contribution in [1.29, 1.82) is 0 Å². The van der Waals surface area contributed by atoms with Gasteiger partial charge in [-0.05, 0) is 37.1 Å². The molecule has 1 aliphatic heterocycles. The molecule has 0 saturated carbocycles. The van der Waals surface area contributed by atoms with Gasteiger partial charge in [-0.2, -0.15) is 4.72 Å². The standard InChI is InChI=1S/C21H18ClN3O5S/c1-12-20(22)21(30-24-12)16(8-13-6-7-17-18(9-13)29-11-28-17)25-31(26,27)19-10-23-15-5-3-2-4-14(15)19/h2-7,9-10,16,23,25H,8,11H2,1H3. The molecule has 1 unspecified atom stereocenters. The maximum Gasteiger partial charge on any atom is 0.243 e. The largest absolute Gasteiger partial charge is 0.454 e. The molecule has 10 heteroatoms. The van der Waals surface area contributed by atoms with Crippen LogP contribution >= 0.6 is 11.6 Å². The number of halogens is 1. The summed E-state index contributed by atoms with van der Waals surface area (Å²) in [5, 5.41) is 4.77. The van der Waals surface area contributed by atoms with Gasteiger partial charge >= 0.3 is 0 Å². The Morgan fingerprint density at radius 1 is 1.19 bits per heavy atom.